The third-order valence-corrected chi connectivity index (χ3v) is 4.34. The maximum atomic E-state index is 12.5. The Bertz CT molecular complexity index is 720. The summed E-state index contributed by atoms with van der Waals surface area (Å²) in [6.07, 6.45) is 2.18. The Morgan fingerprint density at radius 3 is 2.83 bits per heavy atom. The van der Waals surface area contributed by atoms with Crippen molar-refractivity contribution in [1.82, 2.24) is 4.90 Å². The van der Waals surface area contributed by atoms with E-state index in [1.807, 2.05) is 31.2 Å². The predicted octanol–water partition coefficient (Wildman–Crippen LogP) is 3.92. The fourth-order valence-corrected chi connectivity index (χ4v) is 3.18. The van der Waals surface area contributed by atoms with Crippen molar-refractivity contribution < 1.29 is 14.3 Å². The van der Waals surface area contributed by atoms with Gasteiger partial charge in [-0.25, -0.2) is 9.69 Å². The van der Waals surface area contributed by atoms with Crippen LogP contribution < -0.4 is 0 Å². The van der Waals surface area contributed by atoms with E-state index in [-0.39, 0.29) is 11.9 Å². The van der Waals surface area contributed by atoms with E-state index in [1.54, 1.807) is 0 Å². The van der Waals surface area contributed by atoms with Crippen LogP contribution in [-0.2, 0) is 16.0 Å². The summed E-state index contributed by atoms with van der Waals surface area (Å²) in [7, 11) is 0. The Hall–Kier alpha value is -2.36. The van der Waals surface area contributed by atoms with Gasteiger partial charge in [0.1, 0.15) is 6.61 Å². The minimum absolute atomic E-state index is 0.104. The first-order valence-corrected chi connectivity index (χ1v) is 8.16. The summed E-state index contributed by atoms with van der Waals surface area (Å²) >= 11 is 0. The fraction of sp³-hybridized carbons (Fsp3) is 0.368. The maximum Gasteiger partial charge on any atom is 0.416 e. The van der Waals surface area contributed by atoms with Crippen LogP contribution in [0.5, 0.6) is 0 Å². The number of ether oxygens (including phenoxy) is 1. The first-order chi connectivity index (χ1) is 11.2. The zero-order valence-electron chi connectivity index (χ0n) is 13.3. The second kappa shape index (κ2) is 6.82. The summed E-state index contributed by atoms with van der Waals surface area (Å²) in [6.45, 7) is 2.37. The molecule has 1 fully saturated rings. The van der Waals surface area contributed by atoms with Gasteiger partial charge in [-0.2, -0.15) is 0 Å². The number of imide groups is 1. The lowest BCUT2D eigenvalue weighted by atomic mass is 10.0. The third-order valence-electron chi connectivity index (χ3n) is 4.34. The largest absolute Gasteiger partial charge is 0.447 e. The lowest BCUT2D eigenvalue weighted by Gasteiger charge is -2.19. The molecule has 1 aliphatic heterocycles. The highest BCUT2D eigenvalue weighted by molar-refractivity contribution is 5.94. The molecule has 23 heavy (non-hydrogen) atoms. The summed E-state index contributed by atoms with van der Waals surface area (Å²) in [6, 6.07) is 14.2. The Labute approximate surface area is 136 Å². The van der Waals surface area contributed by atoms with Crippen molar-refractivity contribution in [3.05, 3.63) is 48.0 Å². The monoisotopic (exact) mass is 311 g/mol. The molecule has 2 amide bonds. The Kier molecular flexibility index (Phi) is 4.60. The van der Waals surface area contributed by atoms with Crippen molar-refractivity contribution in [2.24, 2.45) is 0 Å². The molecule has 4 nitrogen and oxygen atoms in total. The molecule has 0 N–H and O–H groups in total. The number of hydrogen-bond acceptors (Lipinski definition) is 3. The zero-order chi connectivity index (χ0) is 16.2. The molecular formula is C19H21NO3. The second-order valence-electron chi connectivity index (χ2n) is 5.92. The highest BCUT2D eigenvalue weighted by Crippen LogP contribution is 2.22. The van der Waals surface area contributed by atoms with Crippen LogP contribution in [-0.4, -0.2) is 29.5 Å². The van der Waals surface area contributed by atoms with E-state index in [1.165, 1.54) is 10.3 Å². The van der Waals surface area contributed by atoms with Gasteiger partial charge in [-0.1, -0.05) is 55.8 Å². The van der Waals surface area contributed by atoms with Crippen LogP contribution in [0.3, 0.4) is 0 Å². The molecule has 1 aliphatic rings. The second-order valence-corrected chi connectivity index (χ2v) is 5.92. The Balaban J connectivity index is 1.72. The molecule has 3 rings (SSSR count). The minimum Gasteiger partial charge on any atom is -0.447 e. The van der Waals surface area contributed by atoms with Crippen LogP contribution in [0.25, 0.3) is 10.8 Å². The first-order valence-electron chi connectivity index (χ1n) is 8.16. The molecule has 0 bridgehead atoms. The predicted molar refractivity (Wildman–Crippen MR) is 89.2 cm³/mol. The molecule has 0 spiro atoms. The summed E-state index contributed by atoms with van der Waals surface area (Å²) in [5.74, 6) is -0.140. The number of carbonyl (C=O) groups excluding carboxylic acids is 2. The number of amides is 2. The van der Waals surface area contributed by atoms with Gasteiger partial charge in [0.25, 0.3) is 0 Å². The van der Waals surface area contributed by atoms with E-state index in [0.717, 1.165) is 23.8 Å². The first kappa shape index (κ1) is 15.5. The van der Waals surface area contributed by atoms with Crippen LogP contribution in [0.1, 0.15) is 31.7 Å². The molecule has 0 aliphatic carbocycles. The van der Waals surface area contributed by atoms with Gasteiger partial charge in [-0.05, 0) is 29.2 Å². The van der Waals surface area contributed by atoms with E-state index in [2.05, 4.69) is 18.2 Å². The molecular weight excluding hydrogens is 290 g/mol. The molecule has 120 valence electrons. The smallest absolute Gasteiger partial charge is 0.416 e. The van der Waals surface area contributed by atoms with Crippen molar-refractivity contribution >= 4 is 22.8 Å². The molecule has 1 atom stereocenters. The number of aryl methyl sites for hydroxylation is 1. The number of fused-ring (bicyclic) bond motifs is 1. The molecule has 0 aromatic heterocycles. The van der Waals surface area contributed by atoms with Gasteiger partial charge in [0.15, 0.2) is 0 Å². The van der Waals surface area contributed by atoms with Crippen LogP contribution in [0, 0.1) is 0 Å². The molecule has 1 heterocycles. The van der Waals surface area contributed by atoms with Gasteiger partial charge < -0.3 is 4.74 Å². The number of benzene rings is 2. The maximum absolute atomic E-state index is 12.5. The Morgan fingerprint density at radius 1 is 1.22 bits per heavy atom. The highest BCUT2D eigenvalue weighted by atomic mass is 16.6. The minimum atomic E-state index is -0.494. The summed E-state index contributed by atoms with van der Waals surface area (Å²) in [5, 5.41) is 2.33. The number of hydrogen-bond donors (Lipinski definition) is 0. The molecule has 0 radical (unpaired) electrons. The normalized spacial score (nSPS) is 17.5. The number of cyclic esters (lactones) is 1. The van der Waals surface area contributed by atoms with Crippen molar-refractivity contribution in [2.45, 2.75) is 38.6 Å². The molecule has 1 saturated heterocycles. The van der Waals surface area contributed by atoms with Gasteiger partial charge in [-0.15, -0.1) is 0 Å². The van der Waals surface area contributed by atoms with E-state index in [4.69, 9.17) is 4.74 Å². The zero-order valence-corrected chi connectivity index (χ0v) is 13.3. The van der Waals surface area contributed by atoms with Gasteiger partial charge in [0.05, 0.1) is 6.04 Å². The third kappa shape index (κ3) is 3.21. The average molecular weight is 311 g/mol. The van der Waals surface area contributed by atoms with Gasteiger partial charge >= 0.3 is 6.09 Å². The van der Waals surface area contributed by atoms with Crippen LogP contribution in [0.4, 0.5) is 4.79 Å². The van der Waals surface area contributed by atoms with Crippen molar-refractivity contribution in [1.29, 1.82) is 0 Å². The lowest BCUT2D eigenvalue weighted by molar-refractivity contribution is -0.129. The standard InChI is InChI=1S/C19H21NO3/c1-2-6-16-13-23-19(22)20(16)18(21)12-11-15-9-5-8-14-7-3-4-10-17(14)15/h3-5,7-10,16H,2,6,11-13H2,1H3/t16-/m1/s1. The molecule has 0 unspecified atom stereocenters. The lowest BCUT2D eigenvalue weighted by Crippen LogP contribution is -2.39. The fourth-order valence-electron chi connectivity index (χ4n) is 3.18. The van der Waals surface area contributed by atoms with Gasteiger partial charge in [0.2, 0.25) is 5.91 Å². The quantitative estimate of drug-likeness (QED) is 0.841. The van der Waals surface area contributed by atoms with Crippen LogP contribution in [0.15, 0.2) is 42.5 Å². The van der Waals surface area contributed by atoms with E-state index >= 15 is 0 Å². The van der Waals surface area contributed by atoms with Crippen molar-refractivity contribution in [2.75, 3.05) is 6.61 Å². The molecule has 2 aromatic rings. The van der Waals surface area contributed by atoms with Gasteiger partial charge in [0, 0.05) is 6.42 Å². The summed E-state index contributed by atoms with van der Waals surface area (Å²) in [5.41, 5.74) is 1.14. The average Bonchev–Trinajstić information content (AvgIpc) is 2.93. The van der Waals surface area contributed by atoms with E-state index in [0.29, 0.717) is 19.4 Å². The van der Waals surface area contributed by atoms with Crippen molar-refractivity contribution in [3.8, 4) is 0 Å². The summed E-state index contributed by atoms with van der Waals surface area (Å²) in [4.78, 5) is 25.6. The van der Waals surface area contributed by atoms with Gasteiger partial charge in [-0.3, -0.25) is 4.79 Å². The van der Waals surface area contributed by atoms with Crippen LogP contribution in [0.2, 0.25) is 0 Å². The van der Waals surface area contributed by atoms with E-state index in [9.17, 15) is 9.59 Å². The van der Waals surface area contributed by atoms with Crippen molar-refractivity contribution in [3.63, 3.8) is 0 Å². The topological polar surface area (TPSA) is 46.6 Å². The SMILES string of the molecule is CCC[C@@H]1COC(=O)N1C(=O)CCc1cccc2ccccc12. The molecule has 4 heteroatoms. The number of carbonyl (C=O) groups is 2. The molecule has 2 aromatic carbocycles. The Morgan fingerprint density at radius 2 is 2.00 bits per heavy atom. The summed E-state index contributed by atoms with van der Waals surface area (Å²) < 4.78 is 5.04. The van der Waals surface area contributed by atoms with E-state index < -0.39 is 6.09 Å². The highest BCUT2D eigenvalue weighted by Gasteiger charge is 2.36. The number of nitrogens with zero attached hydrogens (tertiary/aromatic N) is 1. The van der Waals surface area contributed by atoms with Crippen LogP contribution >= 0.6 is 0 Å². The molecule has 0 saturated carbocycles. The number of rotatable bonds is 5.